The van der Waals surface area contributed by atoms with Crippen LogP contribution in [-0.4, -0.2) is 8.42 Å². The van der Waals surface area contributed by atoms with E-state index in [4.69, 9.17) is 0 Å². The van der Waals surface area contributed by atoms with Crippen LogP contribution < -0.4 is 4.72 Å². The number of benzene rings is 2. The summed E-state index contributed by atoms with van der Waals surface area (Å²) in [5, 5.41) is 0.536. The quantitative estimate of drug-likeness (QED) is 0.845. The van der Waals surface area contributed by atoms with Crippen LogP contribution in [0.5, 0.6) is 0 Å². The Morgan fingerprint density at radius 2 is 1.90 bits per heavy atom. The Hall–Kier alpha value is -1.40. The van der Waals surface area contributed by atoms with Crippen molar-refractivity contribution in [3.05, 3.63) is 59.4 Å². The third-order valence-corrected chi connectivity index (χ3v) is 4.96. The predicted octanol–water partition coefficient (Wildman–Crippen LogP) is 3.83. The summed E-state index contributed by atoms with van der Waals surface area (Å²) in [5.41, 5.74) is 1.71. The number of halogens is 2. The normalized spacial score (nSPS) is 11.3. The van der Waals surface area contributed by atoms with E-state index in [1.54, 1.807) is 19.1 Å². The molecule has 2 rings (SSSR count). The highest BCUT2D eigenvalue weighted by Gasteiger charge is 2.18. The number of hydrogen-bond donors (Lipinski definition) is 1. The summed E-state index contributed by atoms with van der Waals surface area (Å²) in [5.74, 6) is -0.456. The lowest BCUT2D eigenvalue weighted by Gasteiger charge is -2.12. The van der Waals surface area contributed by atoms with Gasteiger partial charge in [-0.15, -0.1) is 0 Å². The fraction of sp³-hybridized carbons (Fsp3) is 0.143. The van der Waals surface area contributed by atoms with E-state index >= 15 is 0 Å². The number of anilines is 1. The van der Waals surface area contributed by atoms with Crippen LogP contribution in [0.3, 0.4) is 0 Å². The molecule has 0 aliphatic carbocycles. The molecule has 0 saturated carbocycles. The van der Waals surface area contributed by atoms with Gasteiger partial charge in [-0.3, -0.25) is 4.72 Å². The molecule has 0 fully saturated rings. The van der Waals surface area contributed by atoms with Crippen molar-refractivity contribution in [3.8, 4) is 0 Å². The highest BCUT2D eigenvalue weighted by Crippen LogP contribution is 2.23. The first kappa shape index (κ1) is 15.0. The summed E-state index contributed by atoms with van der Waals surface area (Å²) >= 11 is 3.31. The van der Waals surface area contributed by atoms with Crippen molar-refractivity contribution in [2.45, 2.75) is 17.1 Å². The Bertz CT molecular complexity index is 732. The van der Waals surface area contributed by atoms with Crippen molar-refractivity contribution in [3.63, 3.8) is 0 Å². The molecule has 2 aromatic rings. The van der Waals surface area contributed by atoms with E-state index in [0.29, 0.717) is 16.6 Å². The first-order valence-electron chi connectivity index (χ1n) is 5.87. The molecule has 1 N–H and O–H groups in total. The summed E-state index contributed by atoms with van der Waals surface area (Å²) in [7, 11) is -3.73. The van der Waals surface area contributed by atoms with Gasteiger partial charge in [-0.2, -0.15) is 0 Å². The molecule has 0 spiro atoms. The van der Waals surface area contributed by atoms with Gasteiger partial charge in [-0.05, 0) is 42.3 Å². The van der Waals surface area contributed by atoms with Gasteiger partial charge < -0.3 is 0 Å². The maximum Gasteiger partial charge on any atom is 0.262 e. The number of hydrogen-bond acceptors (Lipinski definition) is 2. The van der Waals surface area contributed by atoms with Gasteiger partial charge in [0.25, 0.3) is 10.0 Å². The molecule has 3 nitrogen and oxygen atoms in total. The van der Waals surface area contributed by atoms with Crippen LogP contribution in [0, 0.1) is 12.7 Å². The van der Waals surface area contributed by atoms with Gasteiger partial charge in [0, 0.05) is 5.33 Å². The first-order valence-corrected chi connectivity index (χ1v) is 8.47. The molecule has 0 aliphatic rings. The topological polar surface area (TPSA) is 46.2 Å². The van der Waals surface area contributed by atoms with Crippen LogP contribution in [0.15, 0.2) is 47.4 Å². The van der Waals surface area contributed by atoms with Crippen LogP contribution in [0.1, 0.15) is 11.1 Å². The van der Waals surface area contributed by atoms with Crippen LogP contribution in [0.25, 0.3) is 0 Å². The van der Waals surface area contributed by atoms with E-state index in [-0.39, 0.29) is 4.90 Å². The molecule has 0 saturated heterocycles. The fourth-order valence-electron chi connectivity index (χ4n) is 1.85. The van der Waals surface area contributed by atoms with Gasteiger partial charge >= 0.3 is 0 Å². The van der Waals surface area contributed by atoms with Gasteiger partial charge in [0.1, 0.15) is 5.82 Å². The van der Waals surface area contributed by atoms with Gasteiger partial charge in [0.15, 0.2) is 0 Å². The summed E-state index contributed by atoms with van der Waals surface area (Å²) in [4.78, 5) is 0.0725. The lowest BCUT2D eigenvalue weighted by molar-refractivity contribution is 0.598. The van der Waals surface area contributed by atoms with E-state index in [9.17, 15) is 12.8 Å². The van der Waals surface area contributed by atoms with Crippen molar-refractivity contribution < 1.29 is 12.8 Å². The van der Waals surface area contributed by atoms with Crippen molar-refractivity contribution in [1.82, 2.24) is 0 Å². The van der Waals surface area contributed by atoms with Gasteiger partial charge in [-0.25, -0.2) is 12.8 Å². The second kappa shape index (κ2) is 5.93. The average molecular weight is 358 g/mol. The molecular weight excluding hydrogens is 345 g/mol. The summed E-state index contributed by atoms with van der Waals surface area (Å²) in [6.45, 7) is 1.56. The van der Waals surface area contributed by atoms with E-state index in [1.165, 1.54) is 12.1 Å². The second-order valence-corrected chi connectivity index (χ2v) is 6.52. The van der Waals surface area contributed by atoms with E-state index in [2.05, 4.69) is 20.7 Å². The van der Waals surface area contributed by atoms with E-state index in [1.807, 2.05) is 12.1 Å². The lowest BCUT2D eigenvalue weighted by atomic mass is 10.2. The third kappa shape index (κ3) is 3.19. The molecule has 0 aliphatic heterocycles. The third-order valence-electron chi connectivity index (χ3n) is 2.83. The molecule has 0 unspecified atom stereocenters. The summed E-state index contributed by atoms with van der Waals surface area (Å²) in [6.07, 6.45) is 0. The number of para-hydroxylation sites is 1. The Kier molecular flexibility index (Phi) is 4.45. The Labute approximate surface area is 126 Å². The van der Waals surface area contributed by atoms with Crippen molar-refractivity contribution in [1.29, 1.82) is 0 Å². The summed E-state index contributed by atoms with van der Waals surface area (Å²) < 4.78 is 40.3. The molecular formula is C14H13BrFNO2S. The molecule has 0 bridgehead atoms. The maximum atomic E-state index is 13.1. The highest BCUT2D eigenvalue weighted by atomic mass is 79.9. The number of sulfonamides is 1. The zero-order valence-corrected chi connectivity index (χ0v) is 13.1. The zero-order valence-electron chi connectivity index (χ0n) is 10.7. The Morgan fingerprint density at radius 1 is 1.20 bits per heavy atom. The van der Waals surface area contributed by atoms with Crippen molar-refractivity contribution in [2.75, 3.05) is 4.72 Å². The second-order valence-electron chi connectivity index (χ2n) is 4.31. The number of nitrogens with one attached hydrogen (secondary N) is 1. The minimum absolute atomic E-state index is 0.0725. The molecule has 20 heavy (non-hydrogen) atoms. The van der Waals surface area contributed by atoms with Crippen LogP contribution >= 0.6 is 15.9 Å². The molecule has 0 heterocycles. The average Bonchev–Trinajstić information content (AvgIpc) is 2.38. The molecule has 2 aromatic carbocycles. The highest BCUT2D eigenvalue weighted by molar-refractivity contribution is 9.08. The van der Waals surface area contributed by atoms with Crippen molar-refractivity contribution in [2.24, 2.45) is 0 Å². The van der Waals surface area contributed by atoms with E-state index in [0.717, 1.165) is 11.6 Å². The molecule has 6 heteroatoms. The van der Waals surface area contributed by atoms with Crippen molar-refractivity contribution >= 4 is 31.6 Å². The molecule has 0 radical (unpaired) electrons. The zero-order chi connectivity index (χ0) is 14.8. The minimum Gasteiger partial charge on any atom is -0.279 e. The molecule has 0 aromatic heterocycles. The Balaban J connectivity index is 2.41. The van der Waals surface area contributed by atoms with Gasteiger partial charge in [0.05, 0.1) is 10.6 Å². The monoisotopic (exact) mass is 357 g/mol. The molecule has 106 valence electrons. The number of alkyl halides is 1. The minimum atomic E-state index is -3.73. The largest absolute Gasteiger partial charge is 0.279 e. The smallest absolute Gasteiger partial charge is 0.262 e. The number of aryl methyl sites for hydroxylation is 1. The summed E-state index contributed by atoms with van der Waals surface area (Å²) in [6, 6.07) is 10.7. The maximum absolute atomic E-state index is 13.1. The number of rotatable bonds is 4. The van der Waals surface area contributed by atoms with Crippen LogP contribution in [-0.2, 0) is 15.4 Å². The van der Waals surface area contributed by atoms with Gasteiger partial charge in [-0.1, -0.05) is 34.1 Å². The lowest BCUT2D eigenvalue weighted by Crippen LogP contribution is -2.15. The van der Waals surface area contributed by atoms with Gasteiger partial charge in [0.2, 0.25) is 0 Å². The predicted molar refractivity (Wildman–Crippen MR) is 81.0 cm³/mol. The standard InChI is InChI=1S/C14H13BrFNO2S/c1-10-8-12(16)6-7-14(10)20(18,19)17-13-5-3-2-4-11(13)9-15/h2-8,17H,9H2,1H3. The Morgan fingerprint density at radius 3 is 2.55 bits per heavy atom. The van der Waals surface area contributed by atoms with E-state index < -0.39 is 15.8 Å². The molecule has 0 amide bonds. The SMILES string of the molecule is Cc1cc(F)ccc1S(=O)(=O)Nc1ccccc1CBr. The van der Waals surface area contributed by atoms with Crippen LogP contribution in [0.4, 0.5) is 10.1 Å². The fourth-order valence-corrected chi connectivity index (χ4v) is 3.67. The van der Waals surface area contributed by atoms with Crippen LogP contribution in [0.2, 0.25) is 0 Å². The first-order chi connectivity index (χ1) is 9.44. The molecule has 0 atom stereocenters.